The highest BCUT2D eigenvalue weighted by Gasteiger charge is 2.18. The van der Waals surface area contributed by atoms with Crippen molar-refractivity contribution in [3.63, 3.8) is 0 Å². The molecule has 2 amide bonds. The van der Waals surface area contributed by atoms with Gasteiger partial charge in [0, 0.05) is 6.54 Å². The first kappa shape index (κ1) is 22.5. The minimum Gasteiger partial charge on any atom is -0.462 e. The summed E-state index contributed by atoms with van der Waals surface area (Å²) in [5, 5.41) is 7.57. The monoisotopic (exact) mass is 421 g/mol. The smallest absolute Gasteiger partial charge is 0.341 e. The van der Waals surface area contributed by atoms with Gasteiger partial charge in [-0.15, -0.1) is 11.3 Å². The lowest BCUT2D eigenvalue weighted by molar-refractivity contribution is -0.123. The quantitative estimate of drug-likeness (QED) is 0.576. The molecule has 0 unspecified atom stereocenters. The van der Waals surface area contributed by atoms with Crippen molar-refractivity contribution in [1.29, 1.82) is 0 Å². The molecule has 1 aromatic carbocycles. The summed E-state index contributed by atoms with van der Waals surface area (Å²) in [6, 6.07) is 7.46. The van der Waals surface area contributed by atoms with Crippen molar-refractivity contribution in [2.45, 2.75) is 20.4 Å². The van der Waals surface area contributed by atoms with Gasteiger partial charge in [0.15, 0.2) is 0 Å². The molecule has 0 aliphatic rings. The zero-order valence-electron chi connectivity index (χ0n) is 16.4. The Bertz CT molecular complexity index is 839. The van der Waals surface area contributed by atoms with Crippen molar-refractivity contribution in [1.82, 2.24) is 10.2 Å². The number of likely N-dealkylation sites (N-methyl/N-ethyl adjacent to an activating group) is 1. The molecule has 0 aliphatic heterocycles. The molecule has 0 saturated carbocycles. The molecule has 2 rings (SSSR count). The fourth-order valence-corrected chi connectivity index (χ4v) is 3.28. The second kappa shape index (κ2) is 11.3. The van der Waals surface area contributed by atoms with Crippen molar-refractivity contribution < 1.29 is 23.5 Å². The highest BCUT2D eigenvalue weighted by molar-refractivity contribution is 7.14. The van der Waals surface area contributed by atoms with E-state index in [4.69, 9.17) is 4.74 Å². The molecule has 7 nitrogen and oxygen atoms in total. The Morgan fingerprint density at radius 3 is 2.41 bits per heavy atom. The standard InChI is InChI=1S/C20H24FN3O4S/c1-3-24(12-17(25)22-11-14-5-7-15(21)8-6-14)13-18(26)23-19-16(9-10-29-19)20(27)28-4-2/h5-10H,3-4,11-13H2,1-2H3,(H,22,25)(H,23,26). The predicted octanol–water partition coefficient (Wildman–Crippen LogP) is 2.64. The second-order valence-corrected chi connectivity index (χ2v) is 7.05. The minimum atomic E-state index is -0.489. The summed E-state index contributed by atoms with van der Waals surface area (Å²) < 4.78 is 17.9. The number of amides is 2. The van der Waals surface area contributed by atoms with E-state index in [2.05, 4.69) is 10.6 Å². The number of thiophene rings is 1. The van der Waals surface area contributed by atoms with E-state index in [0.717, 1.165) is 5.56 Å². The molecule has 2 N–H and O–H groups in total. The van der Waals surface area contributed by atoms with Crippen LogP contribution in [0.15, 0.2) is 35.7 Å². The molecule has 0 radical (unpaired) electrons. The van der Waals surface area contributed by atoms with Crippen LogP contribution < -0.4 is 10.6 Å². The van der Waals surface area contributed by atoms with Crippen LogP contribution in [0.25, 0.3) is 0 Å². The normalized spacial score (nSPS) is 10.6. The van der Waals surface area contributed by atoms with E-state index < -0.39 is 5.97 Å². The number of carbonyl (C=O) groups is 3. The lowest BCUT2D eigenvalue weighted by atomic mass is 10.2. The number of carbonyl (C=O) groups excluding carboxylic acids is 3. The van der Waals surface area contributed by atoms with E-state index in [9.17, 15) is 18.8 Å². The highest BCUT2D eigenvalue weighted by Crippen LogP contribution is 2.24. The van der Waals surface area contributed by atoms with Crippen LogP contribution in [0.2, 0.25) is 0 Å². The van der Waals surface area contributed by atoms with Gasteiger partial charge in [0.2, 0.25) is 11.8 Å². The van der Waals surface area contributed by atoms with Gasteiger partial charge in [-0.1, -0.05) is 19.1 Å². The Labute approximate surface area is 172 Å². The lowest BCUT2D eigenvalue weighted by Gasteiger charge is -2.19. The Kier molecular flexibility index (Phi) is 8.75. The zero-order valence-corrected chi connectivity index (χ0v) is 17.2. The van der Waals surface area contributed by atoms with Gasteiger partial charge in [-0.3, -0.25) is 14.5 Å². The van der Waals surface area contributed by atoms with Crippen LogP contribution in [0.1, 0.15) is 29.8 Å². The first-order valence-electron chi connectivity index (χ1n) is 9.20. The van der Waals surface area contributed by atoms with Crippen molar-refractivity contribution in [3.8, 4) is 0 Å². The average Bonchev–Trinajstić information content (AvgIpc) is 3.15. The van der Waals surface area contributed by atoms with E-state index in [1.54, 1.807) is 35.4 Å². The van der Waals surface area contributed by atoms with Gasteiger partial charge in [-0.2, -0.15) is 0 Å². The zero-order chi connectivity index (χ0) is 21.2. The summed E-state index contributed by atoms with van der Waals surface area (Å²) in [5.74, 6) is -1.39. The number of ether oxygens (including phenoxy) is 1. The van der Waals surface area contributed by atoms with E-state index in [-0.39, 0.29) is 43.9 Å². The molecular weight excluding hydrogens is 397 g/mol. The first-order valence-corrected chi connectivity index (χ1v) is 10.1. The van der Waals surface area contributed by atoms with Crippen LogP contribution in [0, 0.1) is 5.82 Å². The summed E-state index contributed by atoms with van der Waals surface area (Å²) in [7, 11) is 0. The topological polar surface area (TPSA) is 87.7 Å². The number of nitrogens with one attached hydrogen (secondary N) is 2. The Balaban J connectivity index is 1.83. The molecule has 0 atom stereocenters. The molecule has 156 valence electrons. The number of rotatable bonds is 10. The van der Waals surface area contributed by atoms with Crippen molar-refractivity contribution in [2.75, 3.05) is 31.6 Å². The average molecular weight is 421 g/mol. The van der Waals surface area contributed by atoms with E-state index >= 15 is 0 Å². The maximum absolute atomic E-state index is 12.9. The third-order valence-corrected chi connectivity index (χ3v) is 4.83. The molecule has 0 saturated heterocycles. The van der Waals surface area contributed by atoms with E-state index in [0.29, 0.717) is 17.1 Å². The van der Waals surface area contributed by atoms with Crippen molar-refractivity contribution >= 4 is 34.1 Å². The molecule has 0 aliphatic carbocycles. The molecule has 2 aromatic rings. The molecular formula is C20H24FN3O4S. The van der Waals surface area contributed by atoms with Crippen LogP contribution in [0.4, 0.5) is 9.39 Å². The summed E-state index contributed by atoms with van der Waals surface area (Å²) >= 11 is 1.23. The summed E-state index contributed by atoms with van der Waals surface area (Å²) in [4.78, 5) is 38.1. The number of hydrogen-bond donors (Lipinski definition) is 2. The molecule has 0 fully saturated rings. The number of halogens is 1. The minimum absolute atomic E-state index is 0.000629. The van der Waals surface area contributed by atoms with Crippen LogP contribution in [-0.2, 0) is 20.9 Å². The fraction of sp³-hybridized carbons (Fsp3) is 0.350. The molecule has 1 aromatic heterocycles. The molecule has 29 heavy (non-hydrogen) atoms. The van der Waals surface area contributed by atoms with Gasteiger partial charge in [0.1, 0.15) is 10.8 Å². The third kappa shape index (κ3) is 7.28. The highest BCUT2D eigenvalue weighted by atomic mass is 32.1. The maximum atomic E-state index is 12.9. The largest absolute Gasteiger partial charge is 0.462 e. The third-order valence-electron chi connectivity index (χ3n) is 4.00. The van der Waals surface area contributed by atoms with Gasteiger partial charge >= 0.3 is 5.97 Å². The number of esters is 1. The summed E-state index contributed by atoms with van der Waals surface area (Å²) in [6.45, 7) is 4.62. The SMILES string of the molecule is CCOC(=O)c1ccsc1NC(=O)CN(CC)CC(=O)NCc1ccc(F)cc1. The first-order chi connectivity index (χ1) is 13.9. The second-order valence-electron chi connectivity index (χ2n) is 6.14. The van der Waals surface area contributed by atoms with E-state index in [1.165, 1.54) is 23.5 Å². The Morgan fingerprint density at radius 1 is 1.07 bits per heavy atom. The van der Waals surface area contributed by atoms with Crippen molar-refractivity contribution in [3.05, 3.63) is 52.7 Å². The van der Waals surface area contributed by atoms with Crippen LogP contribution in [0.5, 0.6) is 0 Å². The summed E-state index contributed by atoms with van der Waals surface area (Å²) in [6.07, 6.45) is 0. The predicted molar refractivity (Wildman–Crippen MR) is 109 cm³/mol. The van der Waals surface area contributed by atoms with Crippen molar-refractivity contribution in [2.24, 2.45) is 0 Å². The Hall–Kier alpha value is -2.78. The van der Waals surface area contributed by atoms with Gasteiger partial charge in [-0.25, -0.2) is 9.18 Å². The van der Waals surface area contributed by atoms with E-state index in [1.807, 2.05) is 6.92 Å². The van der Waals surface area contributed by atoms with Gasteiger partial charge < -0.3 is 15.4 Å². The molecule has 0 spiro atoms. The van der Waals surface area contributed by atoms with Gasteiger partial charge in [0.05, 0.1) is 25.3 Å². The Morgan fingerprint density at radius 2 is 1.76 bits per heavy atom. The number of hydrogen-bond acceptors (Lipinski definition) is 6. The maximum Gasteiger partial charge on any atom is 0.341 e. The number of nitrogens with zero attached hydrogens (tertiary/aromatic N) is 1. The summed E-state index contributed by atoms with van der Waals surface area (Å²) in [5.41, 5.74) is 1.09. The van der Waals surface area contributed by atoms with Gasteiger partial charge in [-0.05, 0) is 42.6 Å². The lowest BCUT2D eigenvalue weighted by Crippen LogP contribution is -2.40. The van der Waals surface area contributed by atoms with Crippen LogP contribution >= 0.6 is 11.3 Å². The fourth-order valence-electron chi connectivity index (χ4n) is 2.49. The molecule has 1 heterocycles. The van der Waals surface area contributed by atoms with Crippen LogP contribution in [0.3, 0.4) is 0 Å². The molecule has 9 heteroatoms. The number of benzene rings is 1. The molecule has 0 bridgehead atoms. The van der Waals surface area contributed by atoms with Gasteiger partial charge in [0.25, 0.3) is 0 Å². The number of anilines is 1. The van der Waals surface area contributed by atoms with Crippen LogP contribution in [-0.4, -0.2) is 48.9 Å².